The number of aromatic nitrogens is 3. The van der Waals surface area contributed by atoms with Crippen LogP contribution in [0.25, 0.3) is 28.2 Å². The number of aromatic amines is 1. The molecule has 3 aromatic carbocycles. The summed E-state index contributed by atoms with van der Waals surface area (Å²) in [4.78, 5) is 42.8. The van der Waals surface area contributed by atoms with Gasteiger partial charge in [0, 0.05) is 6.07 Å². The van der Waals surface area contributed by atoms with Gasteiger partial charge >= 0.3 is 5.97 Å². The molecule has 0 fully saturated rings. The number of ether oxygens (including phenoxy) is 1. The van der Waals surface area contributed by atoms with Crippen molar-refractivity contribution in [1.29, 1.82) is 0 Å². The van der Waals surface area contributed by atoms with Gasteiger partial charge in [-0.15, -0.1) is 0 Å². The van der Waals surface area contributed by atoms with Gasteiger partial charge in [0.2, 0.25) is 5.89 Å². The molecule has 2 heterocycles. The van der Waals surface area contributed by atoms with E-state index in [-0.39, 0.29) is 29.3 Å². The van der Waals surface area contributed by atoms with Crippen LogP contribution in [0.15, 0.2) is 94.1 Å². The van der Waals surface area contributed by atoms with Crippen LogP contribution in [0.3, 0.4) is 0 Å². The van der Waals surface area contributed by atoms with E-state index in [9.17, 15) is 14.4 Å². The lowest BCUT2D eigenvalue weighted by molar-refractivity contribution is -0.124. The zero-order chi connectivity index (χ0) is 25.1. The highest BCUT2D eigenvalue weighted by Gasteiger charge is 2.25. The van der Waals surface area contributed by atoms with Crippen molar-refractivity contribution in [3.63, 3.8) is 0 Å². The second-order valence-electron chi connectivity index (χ2n) is 8.00. The lowest BCUT2D eigenvalue weighted by Gasteiger charge is -2.16. The zero-order valence-corrected chi connectivity index (χ0v) is 19.3. The van der Waals surface area contributed by atoms with E-state index in [1.807, 2.05) is 24.3 Å². The van der Waals surface area contributed by atoms with Gasteiger partial charge in [0.15, 0.2) is 11.7 Å². The maximum absolute atomic E-state index is 13.1. The maximum atomic E-state index is 13.1. The molecular weight excluding hydrogens is 460 g/mol. The molecule has 5 aromatic rings. The highest BCUT2D eigenvalue weighted by atomic mass is 16.5. The van der Waals surface area contributed by atoms with Crippen molar-refractivity contribution >= 4 is 28.8 Å². The minimum atomic E-state index is -1.09. The molecule has 0 spiro atoms. The molecule has 1 amide bonds. The lowest BCUT2D eigenvalue weighted by Crippen LogP contribution is -2.32. The predicted molar refractivity (Wildman–Crippen MR) is 134 cm³/mol. The van der Waals surface area contributed by atoms with Gasteiger partial charge in [-0.3, -0.25) is 14.7 Å². The Hall–Kier alpha value is -4.92. The van der Waals surface area contributed by atoms with Crippen LogP contribution in [0.5, 0.6) is 0 Å². The number of hydrogen-bond donors (Lipinski definition) is 2. The average Bonchev–Trinajstić information content (AvgIpc) is 3.50. The number of hydrogen-bond acceptors (Lipinski definition) is 6. The summed E-state index contributed by atoms with van der Waals surface area (Å²) < 4.78 is 12.7. The van der Waals surface area contributed by atoms with Crippen LogP contribution < -0.4 is 10.9 Å². The number of amides is 1. The van der Waals surface area contributed by atoms with Gasteiger partial charge in [-0.05, 0) is 42.8 Å². The largest absolute Gasteiger partial charge is 0.449 e. The average molecular weight is 482 g/mol. The summed E-state index contributed by atoms with van der Waals surface area (Å²) in [7, 11) is 0. The summed E-state index contributed by atoms with van der Waals surface area (Å²) in [6.45, 7) is 1.72. The van der Waals surface area contributed by atoms with E-state index in [4.69, 9.17) is 9.15 Å². The van der Waals surface area contributed by atoms with Crippen LogP contribution in [-0.4, -0.2) is 32.7 Å². The fraction of sp³-hybridized carbons (Fsp3) is 0.111. The first-order chi connectivity index (χ1) is 17.5. The summed E-state index contributed by atoms with van der Waals surface area (Å²) in [6.07, 6.45) is -0.857. The molecule has 9 nitrogen and oxygen atoms in total. The molecule has 0 radical (unpaired) electrons. The van der Waals surface area contributed by atoms with E-state index in [1.165, 1.54) is 10.7 Å². The third-order valence-corrected chi connectivity index (χ3v) is 5.58. The van der Waals surface area contributed by atoms with Crippen molar-refractivity contribution in [2.75, 3.05) is 5.32 Å². The number of esters is 1. The Morgan fingerprint density at radius 2 is 1.75 bits per heavy atom. The highest BCUT2D eigenvalue weighted by molar-refractivity contribution is 6.00. The van der Waals surface area contributed by atoms with Crippen molar-refractivity contribution in [1.82, 2.24) is 14.8 Å². The number of H-pyrrole nitrogens is 1. The standard InChI is InChI=1S/C27H22N4O5/c1-2-21(25(33)29-23-16-24(32)31(30-23)17-10-4-3-5-11-17)36-27(34)19-13-7-6-12-18(19)26-28-20-14-8-9-15-22(20)35-26/h3-16,21,30H,2H2,1H3,(H,29,33). The molecule has 1 unspecified atom stereocenters. The summed E-state index contributed by atoms with van der Waals surface area (Å²) in [5.41, 5.74) is 2.22. The molecule has 0 aliphatic carbocycles. The van der Waals surface area contributed by atoms with Gasteiger partial charge in [-0.25, -0.2) is 14.5 Å². The molecular formula is C27H22N4O5. The van der Waals surface area contributed by atoms with Crippen molar-refractivity contribution in [2.24, 2.45) is 0 Å². The smallest absolute Gasteiger partial charge is 0.339 e. The first-order valence-corrected chi connectivity index (χ1v) is 11.4. The Labute approximate surface area is 205 Å². The van der Waals surface area contributed by atoms with Crippen molar-refractivity contribution in [2.45, 2.75) is 19.4 Å². The third kappa shape index (κ3) is 4.54. The molecule has 180 valence electrons. The number of para-hydroxylation sites is 3. The SMILES string of the molecule is CCC(OC(=O)c1ccccc1-c1nc2ccccc2o1)C(=O)Nc1cc(=O)n(-c2ccccc2)[nH]1. The van der Waals surface area contributed by atoms with Crippen LogP contribution in [-0.2, 0) is 9.53 Å². The van der Waals surface area contributed by atoms with Crippen LogP contribution in [0, 0.1) is 0 Å². The van der Waals surface area contributed by atoms with E-state index in [0.717, 1.165) is 0 Å². The van der Waals surface area contributed by atoms with Crippen molar-refractivity contribution < 1.29 is 18.7 Å². The summed E-state index contributed by atoms with van der Waals surface area (Å²) in [5.74, 6) is -0.784. The van der Waals surface area contributed by atoms with Gasteiger partial charge in [0.25, 0.3) is 11.5 Å². The minimum absolute atomic E-state index is 0.190. The summed E-state index contributed by atoms with van der Waals surface area (Å²) in [5, 5.41) is 5.47. The van der Waals surface area contributed by atoms with Gasteiger partial charge in [0.1, 0.15) is 11.3 Å². The Morgan fingerprint density at radius 3 is 2.53 bits per heavy atom. The fourth-order valence-electron chi connectivity index (χ4n) is 3.79. The topological polar surface area (TPSA) is 119 Å². The number of anilines is 1. The quantitative estimate of drug-likeness (QED) is 0.329. The molecule has 0 saturated carbocycles. The first kappa shape index (κ1) is 22.9. The number of oxazole rings is 1. The normalized spacial score (nSPS) is 11.8. The van der Waals surface area contributed by atoms with Crippen molar-refractivity contribution in [3.8, 4) is 17.1 Å². The molecule has 5 rings (SSSR count). The highest BCUT2D eigenvalue weighted by Crippen LogP contribution is 2.27. The second kappa shape index (κ2) is 9.75. The molecule has 2 aromatic heterocycles. The number of carbonyl (C=O) groups is 2. The van der Waals surface area contributed by atoms with E-state index >= 15 is 0 Å². The van der Waals surface area contributed by atoms with Gasteiger partial charge in [-0.1, -0.05) is 49.4 Å². The van der Waals surface area contributed by atoms with Crippen LogP contribution in [0.4, 0.5) is 5.82 Å². The number of nitrogens with zero attached hydrogens (tertiary/aromatic N) is 2. The van der Waals surface area contributed by atoms with Gasteiger partial charge < -0.3 is 14.5 Å². The van der Waals surface area contributed by atoms with E-state index in [0.29, 0.717) is 22.4 Å². The first-order valence-electron chi connectivity index (χ1n) is 11.4. The second-order valence-corrected chi connectivity index (χ2v) is 8.00. The summed E-state index contributed by atoms with van der Waals surface area (Å²) >= 11 is 0. The molecule has 0 aliphatic rings. The zero-order valence-electron chi connectivity index (χ0n) is 19.3. The minimum Gasteiger partial charge on any atom is -0.449 e. The number of fused-ring (bicyclic) bond motifs is 1. The lowest BCUT2D eigenvalue weighted by atomic mass is 10.1. The van der Waals surface area contributed by atoms with Crippen LogP contribution >= 0.6 is 0 Å². The Bertz CT molecular complexity index is 1570. The van der Waals surface area contributed by atoms with Crippen molar-refractivity contribution in [3.05, 3.63) is 101 Å². The molecule has 0 aliphatic heterocycles. The monoisotopic (exact) mass is 482 g/mol. The molecule has 1 atom stereocenters. The molecule has 36 heavy (non-hydrogen) atoms. The summed E-state index contributed by atoms with van der Waals surface area (Å²) in [6, 6.07) is 24.3. The molecule has 0 bridgehead atoms. The number of carbonyl (C=O) groups excluding carboxylic acids is 2. The van der Waals surface area contributed by atoms with Gasteiger partial charge in [0.05, 0.1) is 16.8 Å². The number of nitrogens with one attached hydrogen (secondary N) is 2. The Morgan fingerprint density at radius 1 is 1.03 bits per heavy atom. The van der Waals surface area contributed by atoms with E-state index < -0.39 is 18.0 Å². The fourth-order valence-corrected chi connectivity index (χ4v) is 3.79. The molecule has 9 heteroatoms. The van der Waals surface area contributed by atoms with Crippen LogP contribution in [0.2, 0.25) is 0 Å². The molecule has 2 N–H and O–H groups in total. The predicted octanol–water partition coefficient (Wildman–Crippen LogP) is 4.55. The number of benzene rings is 3. The third-order valence-electron chi connectivity index (χ3n) is 5.58. The number of rotatable bonds is 7. The Kier molecular flexibility index (Phi) is 6.19. The molecule has 0 saturated heterocycles. The van der Waals surface area contributed by atoms with E-state index in [2.05, 4.69) is 15.4 Å². The van der Waals surface area contributed by atoms with Gasteiger partial charge in [-0.2, -0.15) is 0 Å². The van der Waals surface area contributed by atoms with E-state index in [1.54, 1.807) is 61.5 Å². The Balaban J connectivity index is 1.34. The maximum Gasteiger partial charge on any atom is 0.339 e. The van der Waals surface area contributed by atoms with Crippen LogP contribution in [0.1, 0.15) is 23.7 Å².